The second kappa shape index (κ2) is 5.87. The molecule has 0 bridgehead atoms. The van der Waals surface area contributed by atoms with E-state index in [4.69, 9.17) is 0 Å². The van der Waals surface area contributed by atoms with Crippen LogP contribution in [0.25, 0.3) is 0 Å². The maximum absolute atomic E-state index is 11.9. The average molecular weight is 250 g/mol. The molecule has 0 heterocycles. The highest BCUT2D eigenvalue weighted by atomic mass is 16.3. The van der Waals surface area contributed by atoms with Crippen molar-refractivity contribution in [2.75, 3.05) is 11.9 Å². The van der Waals surface area contributed by atoms with Crippen molar-refractivity contribution in [1.82, 2.24) is 5.32 Å². The Morgan fingerprint density at radius 3 is 2.61 bits per heavy atom. The summed E-state index contributed by atoms with van der Waals surface area (Å²) in [7, 11) is 0. The third-order valence-corrected chi connectivity index (χ3v) is 3.40. The Balaban J connectivity index is 2.74. The van der Waals surface area contributed by atoms with Gasteiger partial charge in [0.05, 0.1) is 12.1 Å². The van der Waals surface area contributed by atoms with E-state index in [1.54, 1.807) is 0 Å². The van der Waals surface area contributed by atoms with Crippen LogP contribution >= 0.6 is 0 Å². The van der Waals surface area contributed by atoms with Gasteiger partial charge in [0.25, 0.3) is 0 Å². The summed E-state index contributed by atoms with van der Waals surface area (Å²) in [5.74, 6) is 0. The van der Waals surface area contributed by atoms with Gasteiger partial charge in [-0.05, 0) is 44.4 Å². The first kappa shape index (κ1) is 14.5. The number of urea groups is 1. The normalized spacial score (nSPS) is 13.8. The summed E-state index contributed by atoms with van der Waals surface area (Å²) in [6, 6.07) is 5.48. The molecule has 0 aliphatic carbocycles. The van der Waals surface area contributed by atoms with Gasteiger partial charge < -0.3 is 15.7 Å². The number of hydrogen-bond acceptors (Lipinski definition) is 2. The molecule has 0 aliphatic heterocycles. The number of amides is 2. The molecule has 1 atom stereocenters. The molecule has 1 aromatic rings. The van der Waals surface area contributed by atoms with Gasteiger partial charge in [-0.3, -0.25) is 0 Å². The molecule has 0 spiro atoms. The number of hydrogen-bond donors (Lipinski definition) is 3. The Labute approximate surface area is 108 Å². The zero-order chi connectivity index (χ0) is 13.8. The van der Waals surface area contributed by atoms with E-state index in [2.05, 4.69) is 10.6 Å². The second-order valence-corrected chi connectivity index (χ2v) is 4.90. The van der Waals surface area contributed by atoms with Gasteiger partial charge in [0.1, 0.15) is 0 Å². The zero-order valence-electron chi connectivity index (χ0n) is 11.5. The number of aryl methyl sites for hydroxylation is 1. The number of aliphatic hydroxyl groups is 1. The van der Waals surface area contributed by atoms with Crippen molar-refractivity contribution >= 4 is 11.7 Å². The van der Waals surface area contributed by atoms with Crippen LogP contribution in [0.15, 0.2) is 18.2 Å². The van der Waals surface area contributed by atoms with Crippen LogP contribution in [0.1, 0.15) is 31.4 Å². The first-order chi connectivity index (χ1) is 8.41. The van der Waals surface area contributed by atoms with Gasteiger partial charge in [-0.2, -0.15) is 0 Å². The minimum Gasteiger partial charge on any atom is -0.394 e. The molecule has 1 rings (SSSR count). The summed E-state index contributed by atoms with van der Waals surface area (Å²) in [5.41, 5.74) is 2.40. The lowest BCUT2D eigenvalue weighted by molar-refractivity contribution is 0.172. The number of carbonyl (C=O) groups is 1. The summed E-state index contributed by atoms with van der Waals surface area (Å²) in [5, 5.41) is 14.9. The van der Waals surface area contributed by atoms with Crippen LogP contribution in [0.3, 0.4) is 0 Å². The van der Waals surface area contributed by atoms with Gasteiger partial charge in [-0.1, -0.05) is 19.1 Å². The maximum atomic E-state index is 11.9. The molecule has 4 nitrogen and oxygen atoms in total. The van der Waals surface area contributed by atoms with Crippen LogP contribution in [0.2, 0.25) is 0 Å². The third kappa shape index (κ3) is 3.47. The zero-order valence-corrected chi connectivity index (χ0v) is 11.5. The van der Waals surface area contributed by atoms with Crippen molar-refractivity contribution in [1.29, 1.82) is 0 Å². The summed E-state index contributed by atoms with van der Waals surface area (Å²) < 4.78 is 0. The summed E-state index contributed by atoms with van der Waals surface area (Å²) >= 11 is 0. The van der Waals surface area contributed by atoms with Crippen LogP contribution in [-0.4, -0.2) is 23.3 Å². The highest BCUT2D eigenvalue weighted by Crippen LogP contribution is 2.18. The fraction of sp³-hybridized carbons (Fsp3) is 0.500. The van der Waals surface area contributed by atoms with Crippen molar-refractivity contribution in [2.45, 2.75) is 39.7 Å². The van der Waals surface area contributed by atoms with E-state index in [0.717, 1.165) is 16.8 Å². The van der Waals surface area contributed by atoms with Crippen LogP contribution < -0.4 is 10.6 Å². The van der Waals surface area contributed by atoms with Gasteiger partial charge in [-0.25, -0.2) is 4.79 Å². The van der Waals surface area contributed by atoms with E-state index in [-0.39, 0.29) is 12.6 Å². The molecular formula is C14H22N2O2. The Morgan fingerprint density at radius 2 is 2.06 bits per heavy atom. The SMILES string of the molecule is CCC(C)(CO)NC(=O)Nc1cccc(C)c1C. The molecule has 4 heteroatoms. The van der Waals surface area contributed by atoms with Crippen LogP contribution in [0.5, 0.6) is 0 Å². The quantitative estimate of drug-likeness (QED) is 0.769. The average Bonchev–Trinajstić information content (AvgIpc) is 2.34. The van der Waals surface area contributed by atoms with E-state index in [1.165, 1.54) is 0 Å². The van der Waals surface area contributed by atoms with Crippen molar-refractivity contribution in [3.8, 4) is 0 Å². The Kier molecular flexibility index (Phi) is 4.73. The van der Waals surface area contributed by atoms with Gasteiger partial charge in [-0.15, -0.1) is 0 Å². The predicted molar refractivity (Wildman–Crippen MR) is 73.9 cm³/mol. The van der Waals surface area contributed by atoms with Crippen LogP contribution in [0, 0.1) is 13.8 Å². The molecule has 100 valence electrons. The summed E-state index contributed by atoms with van der Waals surface area (Å²) in [4.78, 5) is 11.9. The Hall–Kier alpha value is -1.55. The van der Waals surface area contributed by atoms with Crippen molar-refractivity contribution in [2.24, 2.45) is 0 Å². The molecule has 2 amide bonds. The summed E-state index contributed by atoms with van der Waals surface area (Å²) in [6.45, 7) is 7.63. The largest absolute Gasteiger partial charge is 0.394 e. The highest BCUT2D eigenvalue weighted by molar-refractivity contribution is 5.90. The first-order valence-corrected chi connectivity index (χ1v) is 6.18. The first-order valence-electron chi connectivity index (χ1n) is 6.18. The smallest absolute Gasteiger partial charge is 0.319 e. The fourth-order valence-corrected chi connectivity index (χ4v) is 1.55. The molecule has 0 saturated carbocycles. The van der Waals surface area contributed by atoms with Gasteiger partial charge in [0.15, 0.2) is 0 Å². The number of rotatable bonds is 4. The molecule has 0 radical (unpaired) electrons. The van der Waals surface area contributed by atoms with E-state index >= 15 is 0 Å². The van der Waals surface area contributed by atoms with Crippen molar-refractivity contribution in [3.63, 3.8) is 0 Å². The number of carbonyl (C=O) groups excluding carboxylic acids is 1. The molecule has 0 aliphatic rings. The molecule has 1 unspecified atom stereocenters. The van der Waals surface area contributed by atoms with Gasteiger partial charge in [0.2, 0.25) is 0 Å². The molecule has 0 saturated heterocycles. The Bertz CT molecular complexity index is 426. The molecule has 1 aromatic carbocycles. The minimum absolute atomic E-state index is 0.0796. The molecule has 0 fully saturated rings. The minimum atomic E-state index is -0.582. The standard InChI is InChI=1S/C14H22N2O2/c1-5-14(4,9-17)16-13(18)15-12-8-6-7-10(2)11(12)3/h6-8,17H,5,9H2,1-4H3,(H2,15,16,18). The monoisotopic (exact) mass is 250 g/mol. The van der Waals surface area contributed by atoms with Crippen molar-refractivity contribution in [3.05, 3.63) is 29.3 Å². The lowest BCUT2D eigenvalue weighted by atomic mass is 10.0. The number of nitrogens with one attached hydrogen (secondary N) is 2. The van der Waals surface area contributed by atoms with Gasteiger partial charge >= 0.3 is 6.03 Å². The van der Waals surface area contributed by atoms with E-state index < -0.39 is 5.54 Å². The molecule has 0 aromatic heterocycles. The molecule has 18 heavy (non-hydrogen) atoms. The summed E-state index contributed by atoms with van der Waals surface area (Å²) in [6.07, 6.45) is 0.670. The van der Waals surface area contributed by atoms with Crippen LogP contribution in [-0.2, 0) is 0 Å². The number of benzene rings is 1. The Morgan fingerprint density at radius 1 is 1.39 bits per heavy atom. The lowest BCUT2D eigenvalue weighted by Crippen LogP contribution is -2.50. The highest BCUT2D eigenvalue weighted by Gasteiger charge is 2.23. The van der Waals surface area contributed by atoms with E-state index in [0.29, 0.717) is 6.42 Å². The fourth-order valence-electron chi connectivity index (χ4n) is 1.55. The maximum Gasteiger partial charge on any atom is 0.319 e. The van der Waals surface area contributed by atoms with E-state index in [1.807, 2.05) is 45.9 Å². The second-order valence-electron chi connectivity index (χ2n) is 4.90. The van der Waals surface area contributed by atoms with E-state index in [9.17, 15) is 9.90 Å². The number of aliphatic hydroxyl groups excluding tert-OH is 1. The van der Waals surface area contributed by atoms with Crippen molar-refractivity contribution < 1.29 is 9.90 Å². The number of anilines is 1. The van der Waals surface area contributed by atoms with Gasteiger partial charge in [0, 0.05) is 5.69 Å². The predicted octanol–water partition coefficient (Wildman–Crippen LogP) is 2.59. The molecule has 3 N–H and O–H groups in total. The lowest BCUT2D eigenvalue weighted by Gasteiger charge is -2.27. The third-order valence-electron chi connectivity index (χ3n) is 3.40. The van der Waals surface area contributed by atoms with Crippen LogP contribution in [0.4, 0.5) is 10.5 Å². The topological polar surface area (TPSA) is 61.4 Å². The molecular weight excluding hydrogens is 228 g/mol.